The van der Waals surface area contributed by atoms with E-state index in [9.17, 15) is 0 Å². The van der Waals surface area contributed by atoms with Gasteiger partial charge in [0.15, 0.2) is 0 Å². The molecule has 1 aliphatic heterocycles. The van der Waals surface area contributed by atoms with Crippen LogP contribution in [0.15, 0.2) is 60.7 Å². The molecule has 3 aromatic rings. The second-order valence-corrected chi connectivity index (χ2v) is 6.81. The Balaban J connectivity index is 1.49. The van der Waals surface area contributed by atoms with Crippen LogP contribution >= 0.6 is 0 Å². The lowest BCUT2D eigenvalue weighted by atomic mass is 10.00. The summed E-state index contributed by atoms with van der Waals surface area (Å²) in [6.07, 6.45) is 2.63. The van der Waals surface area contributed by atoms with Crippen molar-refractivity contribution in [2.24, 2.45) is 0 Å². The van der Waals surface area contributed by atoms with Gasteiger partial charge in [-0.1, -0.05) is 30.3 Å². The molecule has 0 N–H and O–H groups in total. The average molecular weight is 342 g/mol. The van der Waals surface area contributed by atoms with Gasteiger partial charge in [0.2, 0.25) is 0 Å². The fourth-order valence-corrected chi connectivity index (χ4v) is 3.56. The van der Waals surface area contributed by atoms with Crippen LogP contribution in [0.2, 0.25) is 0 Å². The average Bonchev–Trinajstić information content (AvgIpc) is 3.21. The first-order valence-electron chi connectivity index (χ1n) is 9.21. The lowest BCUT2D eigenvalue weighted by Gasteiger charge is -2.15. The van der Waals surface area contributed by atoms with E-state index in [0.29, 0.717) is 5.56 Å². The van der Waals surface area contributed by atoms with Gasteiger partial charge in [-0.2, -0.15) is 5.26 Å². The molecular weight excluding hydrogens is 320 g/mol. The van der Waals surface area contributed by atoms with Crippen LogP contribution in [-0.4, -0.2) is 31.1 Å². The maximum Gasteiger partial charge on any atom is 0.120 e. The zero-order valence-electron chi connectivity index (χ0n) is 14.8. The summed E-state index contributed by atoms with van der Waals surface area (Å²) in [7, 11) is 0. The van der Waals surface area contributed by atoms with Gasteiger partial charge >= 0.3 is 0 Å². The molecule has 0 unspecified atom stereocenters. The van der Waals surface area contributed by atoms with Crippen molar-refractivity contribution in [3.05, 3.63) is 66.2 Å². The van der Waals surface area contributed by atoms with Crippen molar-refractivity contribution in [1.29, 1.82) is 5.26 Å². The second-order valence-electron chi connectivity index (χ2n) is 6.81. The lowest BCUT2D eigenvalue weighted by Crippen LogP contribution is -2.25. The van der Waals surface area contributed by atoms with Crippen LogP contribution in [0.1, 0.15) is 18.4 Å². The first-order chi connectivity index (χ1) is 12.8. The summed E-state index contributed by atoms with van der Waals surface area (Å²) in [6.45, 7) is 4.16. The van der Waals surface area contributed by atoms with Crippen molar-refractivity contribution < 1.29 is 4.74 Å². The van der Waals surface area contributed by atoms with Gasteiger partial charge in [0.1, 0.15) is 12.4 Å². The van der Waals surface area contributed by atoms with E-state index in [-0.39, 0.29) is 0 Å². The van der Waals surface area contributed by atoms with Crippen molar-refractivity contribution in [3.8, 4) is 22.9 Å². The Hall–Kier alpha value is -2.83. The van der Waals surface area contributed by atoms with E-state index in [4.69, 9.17) is 10.00 Å². The van der Waals surface area contributed by atoms with Crippen molar-refractivity contribution in [1.82, 2.24) is 4.90 Å². The number of ether oxygens (including phenoxy) is 1. The van der Waals surface area contributed by atoms with Gasteiger partial charge in [-0.25, -0.2) is 0 Å². The van der Waals surface area contributed by atoms with Gasteiger partial charge in [0.25, 0.3) is 0 Å². The summed E-state index contributed by atoms with van der Waals surface area (Å²) in [5, 5.41) is 11.4. The molecule has 0 bridgehead atoms. The number of rotatable bonds is 5. The molecule has 3 heteroatoms. The smallest absolute Gasteiger partial charge is 0.120 e. The fraction of sp³-hybridized carbons (Fsp3) is 0.261. The molecule has 1 fully saturated rings. The predicted octanol–water partition coefficient (Wildman–Crippen LogP) is 4.85. The molecule has 26 heavy (non-hydrogen) atoms. The highest BCUT2D eigenvalue weighted by molar-refractivity contribution is 5.88. The zero-order valence-corrected chi connectivity index (χ0v) is 14.8. The molecule has 1 aliphatic rings. The monoisotopic (exact) mass is 342 g/mol. The van der Waals surface area contributed by atoms with Gasteiger partial charge in [0, 0.05) is 6.54 Å². The second kappa shape index (κ2) is 7.59. The maximum atomic E-state index is 9.08. The van der Waals surface area contributed by atoms with Crippen LogP contribution in [0.4, 0.5) is 0 Å². The van der Waals surface area contributed by atoms with E-state index in [2.05, 4.69) is 41.3 Å². The summed E-state index contributed by atoms with van der Waals surface area (Å²) in [5.74, 6) is 0.927. The molecule has 1 saturated heterocycles. The summed E-state index contributed by atoms with van der Waals surface area (Å²) < 4.78 is 5.94. The van der Waals surface area contributed by atoms with Gasteiger partial charge in [-0.05, 0) is 78.2 Å². The van der Waals surface area contributed by atoms with E-state index in [0.717, 1.165) is 30.0 Å². The minimum atomic E-state index is 0.685. The van der Waals surface area contributed by atoms with Gasteiger partial charge in [-0.15, -0.1) is 0 Å². The van der Waals surface area contributed by atoms with E-state index in [1.165, 1.54) is 36.7 Å². The van der Waals surface area contributed by atoms with E-state index >= 15 is 0 Å². The van der Waals surface area contributed by atoms with Crippen LogP contribution in [-0.2, 0) is 0 Å². The highest BCUT2D eigenvalue weighted by Crippen LogP contribution is 2.27. The van der Waals surface area contributed by atoms with Crippen molar-refractivity contribution in [2.75, 3.05) is 26.2 Å². The van der Waals surface area contributed by atoms with Crippen molar-refractivity contribution in [3.63, 3.8) is 0 Å². The van der Waals surface area contributed by atoms with Crippen molar-refractivity contribution >= 4 is 10.8 Å². The van der Waals surface area contributed by atoms with Gasteiger partial charge in [-0.3, -0.25) is 4.90 Å². The molecule has 0 atom stereocenters. The molecule has 0 saturated carbocycles. The number of benzene rings is 3. The number of nitriles is 1. The standard InChI is InChI=1S/C23H22N2O/c24-17-18-4-3-5-19(14-18)20-6-7-22-16-23(9-8-21(22)15-20)26-13-12-25-10-1-2-11-25/h3-9,14-16H,1-2,10-13H2. The summed E-state index contributed by atoms with van der Waals surface area (Å²) in [6, 6.07) is 22.6. The third-order valence-electron chi connectivity index (χ3n) is 5.01. The van der Waals surface area contributed by atoms with Gasteiger partial charge < -0.3 is 4.74 Å². The molecule has 0 spiro atoms. The molecule has 130 valence electrons. The topological polar surface area (TPSA) is 36.3 Å². The highest BCUT2D eigenvalue weighted by Gasteiger charge is 2.10. The number of nitrogens with zero attached hydrogens (tertiary/aromatic N) is 2. The highest BCUT2D eigenvalue weighted by atomic mass is 16.5. The molecular formula is C23H22N2O. The maximum absolute atomic E-state index is 9.08. The first kappa shape index (κ1) is 16.6. The molecule has 0 radical (unpaired) electrons. The lowest BCUT2D eigenvalue weighted by molar-refractivity contribution is 0.238. The van der Waals surface area contributed by atoms with Crippen LogP contribution < -0.4 is 4.74 Å². The number of hydrogen-bond donors (Lipinski definition) is 0. The number of hydrogen-bond acceptors (Lipinski definition) is 3. The Kier molecular flexibility index (Phi) is 4.86. The number of fused-ring (bicyclic) bond motifs is 1. The van der Waals surface area contributed by atoms with E-state index in [1.54, 1.807) is 0 Å². The largest absolute Gasteiger partial charge is 0.492 e. The SMILES string of the molecule is N#Cc1cccc(-c2ccc3cc(OCCN4CCCC4)ccc3c2)c1. The van der Waals surface area contributed by atoms with Crippen LogP contribution in [0, 0.1) is 11.3 Å². The van der Waals surface area contributed by atoms with Gasteiger partial charge in [0.05, 0.1) is 11.6 Å². The normalized spacial score (nSPS) is 14.4. The third-order valence-corrected chi connectivity index (χ3v) is 5.01. The Morgan fingerprint density at radius 1 is 0.885 bits per heavy atom. The first-order valence-corrected chi connectivity index (χ1v) is 9.21. The summed E-state index contributed by atoms with van der Waals surface area (Å²) in [4.78, 5) is 2.46. The molecule has 0 aromatic heterocycles. The quantitative estimate of drug-likeness (QED) is 0.665. The molecule has 0 aliphatic carbocycles. The fourth-order valence-electron chi connectivity index (χ4n) is 3.56. The molecule has 3 nitrogen and oxygen atoms in total. The Bertz CT molecular complexity index is 952. The molecule has 3 aromatic carbocycles. The molecule has 1 heterocycles. The molecule has 0 amide bonds. The molecule has 4 rings (SSSR count). The minimum absolute atomic E-state index is 0.685. The Morgan fingerprint density at radius 2 is 1.65 bits per heavy atom. The Morgan fingerprint density at radius 3 is 2.50 bits per heavy atom. The summed E-state index contributed by atoms with van der Waals surface area (Å²) >= 11 is 0. The predicted molar refractivity (Wildman–Crippen MR) is 105 cm³/mol. The zero-order chi connectivity index (χ0) is 17.8. The summed E-state index contributed by atoms with van der Waals surface area (Å²) in [5.41, 5.74) is 2.87. The third kappa shape index (κ3) is 3.71. The van der Waals surface area contributed by atoms with Crippen LogP contribution in [0.25, 0.3) is 21.9 Å². The van der Waals surface area contributed by atoms with Crippen LogP contribution in [0.5, 0.6) is 5.75 Å². The minimum Gasteiger partial charge on any atom is -0.492 e. The van der Waals surface area contributed by atoms with Crippen LogP contribution in [0.3, 0.4) is 0 Å². The van der Waals surface area contributed by atoms with E-state index in [1.807, 2.05) is 30.3 Å². The number of likely N-dealkylation sites (tertiary alicyclic amines) is 1. The van der Waals surface area contributed by atoms with Crippen molar-refractivity contribution in [2.45, 2.75) is 12.8 Å². The van der Waals surface area contributed by atoms with E-state index < -0.39 is 0 Å². The Labute approximate surface area is 154 Å².